The third-order valence-electron chi connectivity index (χ3n) is 3.30. The maximum Gasteiger partial charge on any atom is 0.241 e. The fourth-order valence-electron chi connectivity index (χ4n) is 2.28. The summed E-state index contributed by atoms with van der Waals surface area (Å²) in [5, 5.41) is 3.05. The van der Waals surface area contributed by atoms with E-state index >= 15 is 0 Å². The molecule has 0 aromatic carbocycles. The van der Waals surface area contributed by atoms with Gasteiger partial charge in [-0.05, 0) is 39.3 Å². The van der Waals surface area contributed by atoms with E-state index in [2.05, 4.69) is 10.0 Å². The van der Waals surface area contributed by atoms with Gasteiger partial charge >= 0.3 is 0 Å². The topological polar surface area (TPSA) is 58.2 Å². The molecule has 1 saturated carbocycles. The van der Waals surface area contributed by atoms with Crippen LogP contribution in [-0.4, -0.2) is 21.5 Å². The molecule has 0 radical (unpaired) electrons. The standard InChI is InChI=1S/C13H22N2O2S2/c1-9(6-11-4-5-11)15-19(16,17)13-7-12(8-14-3)18-10(13)2/h7,9,11,14-15H,4-6,8H2,1-3H3. The summed E-state index contributed by atoms with van der Waals surface area (Å²) < 4.78 is 27.5. The Hall–Kier alpha value is -0.430. The SMILES string of the molecule is CNCc1cc(S(=O)(=O)NC(C)CC2CC2)c(C)s1. The molecule has 0 bridgehead atoms. The molecule has 1 aliphatic rings. The molecule has 2 rings (SSSR count). The van der Waals surface area contributed by atoms with E-state index in [0.29, 0.717) is 11.4 Å². The maximum absolute atomic E-state index is 12.4. The molecule has 0 spiro atoms. The Morgan fingerprint density at radius 3 is 2.74 bits per heavy atom. The minimum atomic E-state index is -3.37. The van der Waals surface area contributed by atoms with E-state index in [1.807, 2.05) is 20.9 Å². The summed E-state index contributed by atoms with van der Waals surface area (Å²) in [6, 6.07) is 1.80. The molecule has 1 atom stereocenters. The van der Waals surface area contributed by atoms with E-state index in [1.54, 1.807) is 6.07 Å². The van der Waals surface area contributed by atoms with Crippen molar-refractivity contribution in [2.45, 2.75) is 50.6 Å². The predicted molar refractivity (Wildman–Crippen MR) is 78.9 cm³/mol. The number of nitrogens with one attached hydrogen (secondary N) is 2. The van der Waals surface area contributed by atoms with Crippen LogP contribution in [-0.2, 0) is 16.6 Å². The van der Waals surface area contributed by atoms with Crippen molar-refractivity contribution in [2.75, 3.05) is 7.05 Å². The highest BCUT2D eigenvalue weighted by Gasteiger charge is 2.27. The fraction of sp³-hybridized carbons (Fsp3) is 0.692. The normalized spacial score (nSPS) is 17.6. The highest BCUT2D eigenvalue weighted by molar-refractivity contribution is 7.89. The molecule has 4 nitrogen and oxygen atoms in total. The van der Waals surface area contributed by atoms with Crippen LogP contribution >= 0.6 is 11.3 Å². The van der Waals surface area contributed by atoms with Crippen LogP contribution in [0.25, 0.3) is 0 Å². The van der Waals surface area contributed by atoms with E-state index in [0.717, 1.165) is 22.1 Å². The van der Waals surface area contributed by atoms with E-state index in [1.165, 1.54) is 24.2 Å². The molecule has 2 N–H and O–H groups in total. The molecule has 1 fully saturated rings. The van der Waals surface area contributed by atoms with Crippen LogP contribution in [0.3, 0.4) is 0 Å². The molecule has 108 valence electrons. The Morgan fingerprint density at radius 2 is 2.16 bits per heavy atom. The lowest BCUT2D eigenvalue weighted by molar-refractivity contribution is 0.530. The Morgan fingerprint density at radius 1 is 1.47 bits per heavy atom. The summed E-state index contributed by atoms with van der Waals surface area (Å²) >= 11 is 1.54. The van der Waals surface area contributed by atoms with Gasteiger partial charge in [0.25, 0.3) is 0 Å². The van der Waals surface area contributed by atoms with Gasteiger partial charge in [-0.1, -0.05) is 12.8 Å². The highest BCUT2D eigenvalue weighted by atomic mass is 32.2. The van der Waals surface area contributed by atoms with Gasteiger partial charge in [0.2, 0.25) is 10.0 Å². The average Bonchev–Trinajstić information content (AvgIpc) is 3.00. The number of hydrogen-bond acceptors (Lipinski definition) is 4. The van der Waals surface area contributed by atoms with Crippen LogP contribution in [0, 0.1) is 12.8 Å². The molecular formula is C13H22N2O2S2. The second kappa shape index (κ2) is 5.91. The van der Waals surface area contributed by atoms with E-state index in [9.17, 15) is 8.42 Å². The summed E-state index contributed by atoms with van der Waals surface area (Å²) in [5.41, 5.74) is 0. The number of sulfonamides is 1. The van der Waals surface area contributed by atoms with Gasteiger partial charge in [0, 0.05) is 22.3 Å². The molecule has 0 saturated heterocycles. The first kappa shape index (κ1) is 15.0. The van der Waals surface area contributed by atoms with Crippen molar-refractivity contribution in [2.24, 2.45) is 5.92 Å². The van der Waals surface area contributed by atoms with Crippen molar-refractivity contribution in [1.29, 1.82) is 0 Å². The van der Waals surface area contributed by atoms with Gasteiger partial charge in [0.1, 0.15) is 0 Å². The minimum absolute atomic E-state index is 0.0181. The van der Waals surface area contributed by atoms with Crippen LogP contribution in [0.4, 0.5) is 0 Å². The Kier molecular flexibility index (Phi) is 4.66. The third kappa shape index (κ3) is 4.02. The Balaban J connectivity index is 2.08. The molecule has 6 heteroatoms. The molecular weight excluding hydrogens is 280 g/mol. The second-order valence-electron chi connectivity index (χ2n) is 5.36. The number of rotatable bonds is 7. The van der Waals surface area contributed by atoms with Gasteiger partial charge in [0.05, 0.1) is 4.90 Å². The van der Waals surface area contributed by atoms with Crippen molar-refractivity contribution < 1.29 is 8.42 Å². The summed E-state index contributed by atoms with van der Waals surface area (Å²) in [7, 11) is -1.51. The second-order valence-corrected chi connectivity index (χ2v) is 8.39. The first-order chi connectivity index (χ1) is 8.92. The number of hydrogen-bond donors (Lipinski definition) is 2. The van der Waals surface area contributed by atoms with Crippen molar-refractivity contribution in [1.82, 2.24) is 10.0 Å². The molecule has 1 heterocycles. The lowest BCUT2D eigenvalue weighted by Gasteiger charge is -2.13. The van der Waals surface area contributed by atoms with Crippen LogP contribution in [0.5, 0.6) is 0 Å². The lowest BCUT2D eigenvalue weighted by atomic mass is 10.2. The van der Waals surface area contributed by atoms with Gasteiger partial charge in [-0.2, -0.15) is 0 Å². The Labute approximate surface area is 119 Å². The monoisotopic (exact) mass is 302 g/mol. The lowest BCUT2D eigenvalue weighted by Crippen LogP contribution is -2.33. The summed E-state index contributed by atoms with van der Waals surface area (Å²) in [6.45, 7) is 4.52. The van der Waals surface area contributed by atoms with Crippen molar-refractivity contribution in [3.05, 3.63) is 15.8 Å². The van der Waals surface area contributed by atoms with Gasteiger partial charge in [-0.15, -0.1) is 11.3 Å². The highest BCUT2D eigenvalue weighted by Crippen LogP contribution is 2.34. The van der Waals surface area contributed by atoms with E-state index < -0.39 is 10.0 Å². The van der Waals surface area contributed by atoms with Crippen LogP contribution in [0.1, 0.15) is 35.9 Å². The molecule has 1 aliphatic carbocycles. The van der Waals surface area contributed by atoms with Crippen molar-refractivity contribution >= 4 is 21.4 Å². The number of thiophene rings is 1. The minimum Gasteiger partial charge on any atom is -0.315 e. The molecule has 1 aromatic heterocycles. The zero-order valence-corrected chi connectivity index (χ0v) is 13.3. The summed E-state index contributed by atoms with van der Waals surface area (Å²) in [4.78, 5) is 2.34. The average molecular weight is 302 g/mol. The first-order valence-electron chi connectivity index (χ1n) is 6.68. The molecule has 19 heavy (non-hydrogen) atoms. The Bertz CT molecular complexity index is 533. The van der Waals surface area contributed by atoms with Crippen molar-refractivity contribution in [3.8, 4) is 0 Å². The predicted octanol–water partition coefficient (Wildman–Crippen LogP) is 2.24. The van der Waals surface area contributed by atoms with Crippen LogP contribution in [0.2, 0.25) is 0 Å². The van der Waals surface area contributed by atoms with E-state index in [-0.39, 0.29) is 6.04 Å². The van der Waals surface area contributed by atoms with E-state index in [4.69, 9.17) is 0 Å². The molecule has 1 unspecified atom stereocenters. The van der Waals surface area contributed by atoms with Gasteiger partial charge < -0.3 is 5.32 Å². The fourth-order valence-corrected chi connectivity index (χ4v) is 5.19. The zero-order valence-electron chi connectivity index (χ0n) is 11.7. The smallest absolute Gasteiger partial charge is 0.241 e. The third-order valence-corrected chi connectivity index (χ3v) is 6.20. The number of aryl methyl sites for hydroxylation is 1. The van der Waals surface area contributed by atoms with Crippen LogP contribution < -0.4 is 10.0 Å². The molecule has 1 aromatic rings. The summed E-state index contributed by atoms with van der Waals surface area (Å²) in [5.74, 6) is 0.723. The van der Waals surface area contributed by atoms with Gasteiger partial charge in [0.15, 0.2) is 0 Å². The van der Waals surface area contributed by atoms with Crippen molar-refractivity contribution in [3.63, 3.8) is 0 Å². The van der Waals surface area contributed by atoms with Crippen LogP contribution in [0.15, 0.2) is 11.0 Å². The first-order valence-corrected chi connectivity index (χ1v) is 8.98. The van der Waals surface area contributed by atoms with Gasteiger partial charge in [-0.3, -0.25) is 0 Å². The molecule has 0 amide bonds. The largest absolute Gasteiger partial charge is 0.315 e. The maximum atomic E-state index is 12.4. The summed E-state index contributed by atoms with van der Waals surface area (Å²) in [6.07, 6.45) is 3.44. The zero-order chi connectivity index (χ0) is 14.0. The molecule has 0 aliphatic heterocycles. The quantitative estimate of drug-likeness (QED) is 0.812. The van der Waals surface area contributed by atoms with Gasteiger partial charge in [-0.25, -0.2) is 13.1 Å².